The van der Waals surface area contributed by atoms with E-state index in [9.17, 15) is 4.79 Å². The molecule has 26 heavy (non-hydrogen) atoms. The van der Waals surface area contributed by atoms with Gasteiger partial charge in [0.25, 0.3) is 5.91 Å². The standard InChI is InChI=1S/C18H19Cl2N3O3/c19-14-2-1-3-15(11-14)26-7-4-21-17-16(20)10-13(12-22-17)18(24)23-5-8-25-9-6-23/h1-3,10-12H,4-9H2,(H,21,22). The maximum absolute atomic E-state index is 12.4. The van der Waals surface area contributed by atoms with Crippen LogP contribution in [0.2, 0.25) is 10.0 Å². The molecule has 1 aromatic heterocycles. The van der Waals surface area contributed by atoms with Crippen LogP contribution in [0.5, 0.6) is 5.75 Å². The van der Waals surface area contributed by atoms with Crippen LogP contribution in [0.3, 0.4) is 0 Å². The molecular formula is C18H19Cl2N3O3. The number of anilines is 1. The largest absolute Gasteiger partial charge is 0.492 e. The van der Waals surface area contributed by atoms with Gasteiger partial charge in [-0.3, -0.25) is 4.79 Å². The zero-order chi connectivity index (χ0) is 18.4. The summed E-state index contributed by atoms with van der Waals surface area (Å²) < 4.78 is 10.9. The second kappa shape index (κ2) is 9.07. The summed E-state index contributed by atoms with van der Waals surface area (Å²) >= 11 is 12.2. The van der Waals surface area contributed by atoms with E-state index >= 15 is 0 Å². The predicted octanol–water partition coefficient (Wildman–Crippen LogP) is 3.35. The summed E-state index contributed by atoms with van der Waals surface area (Å²) in [5.74, 6) is 1.13. The van der Waals surface area contributed by atoms with Gasteiger partial charge in [-0.25, -0.2) is 4.98 Å². The minimum absolute atomic E-state index is 0.0847. The minimum Gasteiger partial charge on any atom is -0.492 e. The number of hydrogen-bond donors (Lipinski definition) is 1. The molecule has 0 radical (unpaired) electrons. The van der Waals surface area contributed by atoms with Crippen molar-refractivity contribution in [2.75, 3.05) is 44.8 Å². The van der Waals surface area contributed by atoms with E-state index in [1.807, 2.05) is 12.1 Å². The Morgan fingerprint density at radius 1 is 1.27 bits per heavy atom. The van der Waals surface area contributed by atoms with Gasteiger partial charge in [0, 0.05) is 24.3 Å². The number of benzene rings is 1. The smallest absolute Gasteiger partial charge is 0.255 e. The maximum atomic E-state index is 12.4. The highest BCUT2D eigenvalue weighted by molar-refractivity contribution is 6.33. The van der Waals surface area contributed by atoms with Crippen LogP contribution in [0.4, 0.5) is 5.82 Å². The summed E-state index contributed by atoms with van der Waals surface area (Å²) in [7, 11) is 0. The normalized spacial score (nSPS) is 14.2. The monoisotopic (exact) mass is 395 g/mol. The topological polar surface area (TPSA) is 63.7 Å². The van der Waals surface area contributed by atoms with E-state index in [-0.39, 0.29) is 5.91 Å². The van der Waals surface area contributed by atoms with Gasteiger partial charge >= 0.3 is 0 Å². The van der Waals surface area contributed by atoms with Gasteiger partial charge < -0.3 is 19.7 Å². The van der Waals surface area contributed by atoms with E-state index in [2.05, 4.69) is 10.3 Å². The molecule has 3 rings (SSSR count). The molecule has 8 heteroatoms. The molecular weight excluding hydrogens is 377 g/mol. The summed E-state index contributed by atoms with van der Waals surface area (Å²) in [6.07, 6.45) is 1.53. The fourth-order valence-electron chi connectivity index (χ4n) is 2.53. The third kappa shape index (κ3) is 5.00. The van der Waals surface area contributed by atoms with Gasteiger partial charge in [0.1, 0.15) is 18.2 Å². The Labute approximate surface area is 162 Å². The van der Waals surface area contributed by atoms with Crippen LogP contribution >= 0.6 is 23.2 Å². The van der Waals surface area contributed by atoms with Crippen LogP contribution < -0.4 is 10.1 Å². The zero-order valence-electron chi connectivity index (χ0n) is 14.1. The second-order valence-corrected chi connectivity index (χ2v) is 6.54. The lowest BCUT2D eigenvalue weighted by Gasteiger charge is -2.26. The van der Waals surface area contributed by atoms with Crippen molar-refractivity contribution in [3.8, 4) is 5.75 Å². The number of rotatable bonds is 6. The molecule has 0 atom stereocenters. The first kappa shape index (κ1) is 18.8. The highest BCUT2D eigenvalue weighted by Crippen LogP contribution is 2.21. The first-order valence-corrected chi connectivity index (χ1v) is 9.04. The summed E-state index contributed by atoms with van der Waals surface area (Å²) in [6, 6.07) is 8.83. The van der Waals surface area contributed by atoms with Gasteiger partial charge in [-0.2, -0.15) is 0 Å². The van der Waals surface area contributed by atoms with Crippen LogP contribution in [0.25, 0.3) is 0 Å². The van der Waals surface area contributed by atoms with Gasteiger partial charge in [0.2, 0.25) is 0 Å². The highest BCUT2D eigenvalue weighted by Gasteiger charge is 2.19. The van der Waals surface area contributed by atoms with Crippen LogP contribution in [0, 0.1) is 0 Å². The molecule has 6 nitrogen and oxygen atoms in total. The quantitative estimate of drug-likeness (QED) is 0.759. The molecule has 1 aliphatic rings. The number of halogens is 2. The van der Waals surface area contributed by atoms with Gasteiger partial charge in [-0.15, -0.1) is 0 Å². The van der Waals surface area contributed by atoms with E-state index in [1.165, 1.54) is 6.20 Å². The number of nitrogens with zero attached hydrogens (tertiary/aromatic N) is 2. The van der Waals surface area contributed by atoms with Gasteiger partial charge in [-0.05, 0) is 24.3 Å². The molecule has 1 amide bonds. The number of aromatic nitrogens is 1. The van der Waals surface area contributed by atoms with Crippen LogP contribution in [-0.2, 0) is 4.74 Å². The molecule has 0 saturated carbocycles. The Morgan fingerprint density at radius 3 is 2.81 bits per heavy atom. The number of ether oxygens (including phenoxy) is 2. The number of pyridine rings is 1. The van der Waals surface area contributed by atoms with Crippen LogP contribution in [-0.4, -0.2) is 55.2 Å². The SMILES string of the molecule is O=C(c1cnc(NCCOc2cccc(Cl)c2)c(Cl)c1)N1CCOCC1. The number of nitrogens with one attached hydrogen (secondary N) is 1. The number of carbonyl (C=O) groups excluding carboxylic acids is 1. The molecule has 1 fully saturated rings. The van der Waals surface area contributed by atoms with Gasteiger partial charge in [-0.1, -0.05) is 29.3 Å². The van der Waals surface area contributed by atoms with Crippen molar-refractivity contribution in [3.63, 3.8) is 0 Å². The summed E-state index contributed by atoms with van der Waals surface area (Å²) in [4.78, 5) is 18.4. The van der Waals surface area contributed by atoms with E-state index in [0.717, 1.165) is 0 Å². The van der Waals surface area contributed by atoms with Crippen molar-refractivity contribution >= 4 is 34.9 Å². The molecule has 0 spiro atoms. The molecule has 138 valence electrons. The fourth-order valence-corrected chi connectivity index (χ4v) is 2.94. The van der Waals surface area contributed by atoms with E-state index in [1.54, 1.807) is 23.1 Å². The summed E-state index contributed by atoms with van der Waals surface area (Å²) in [6.45, 7) is 3.20. The molecule has 1 aliphatic heterocycles. The molecule has 1 N–H and O–H groups in total. The van der Waals surface area contributed by atoms with Crippen LogP contribution in [0.1, 0.15) is 10.4 Å². The minimum atomic E-state index is -0.0847. The molecule has 0 unspecified atom stereocenters. The van der Waals surface area contributed by atoms with Crippen molar-refractivity contribution in [2.24, 2.45) is 0 Å². The van der Waals surface area contributed by atoms with Gasteiger partial charge in [0.05, 0.1) is 30.3 Å². The van der Waals surface area contributed by atoms with Crippen molar-refractivity contribution < 1.29 is 14.3 Å². The average Bonchev–Trinajstić information content (AvgIpc) is 2.66. The molecule has 0 aliphatic carbocycles. The Balaban J connectivity index is 1.51. The molecule has 1 saturated heterocycles. The molecule has 1 aromatic carbocycles. The van der Waals surface area contributed by atoms with E-state index in [0.29, 0.717) is 66.6 Å². The lowest BCUT2D eigenvalue weighted by Crippen LogP contribution is -2.40. The number of carbonyl (C=O) groups is 1. The summed E-state index contributed by atoms with van der Waals surface area (Å²) in [5.41, 5.74) is 0.470. The third-order valence-corrected chi connectivity index (χ3v) is 4.37. The Morgan fingerprint density at radius 2 is 2.08 bits per heavy atom. The maximum Gasteiger partial charge on any atom is 0.255 e. The Hall–Kier alpha value is -2.02. The lowest BCUT2D eigenvalue weighted by atomic mass is 10.2. The Bertz CT molecular complexity index is 767. The van der Waals surface area contributed by atoms with Crippen molar-refractivity contribution in [1.29, 1.82) is 0 Å². The number of amides is 1. The fraction of sp³-hybridized carbons (Fsp3) is 0.333. The lowest BCUT2D eigenvalue weighted by molar-refractivity contribution is 0.0302. The highest BCUT2D eigenvalue weighted by atomic mass is 35.5. The first-order valence-electron chi connectivity index (χ1n) is 8.28. The van der Waals surface area contributed by atoms with Gasteiger partial charge in [0.15, 0.2) is 0 Å². The van der Waals surface area contributed by atoms with Crippen molar-refractivity contribution in [1.82, 2.24) is 9.88 Å². The number of morpholine rings is 1. The van der Waals surface area contributed by atoms with Crippen LogP contribution in [0.15, 0.2) is 36.5 Å². The number of hydrogen-bond acceptors (Lipinski definition) is 5. The summed E-state index contributed by atoms with van der Waals surface area (Å²) in [5, 5.41) is 4.12. The predicted molar refractivity (Wildman–Crippen MR) is 101 cm³/mol. The third-order valence-electron chi connectivity index (χ3n) is 3.85. The molecule has 0 bridgehead atoms. The zero-order valence-corrected chi connectivity index (χ0v) is 15.6. The second-order valence-electron chi connectivity index (χ2n) is 5.69. The molecule has 2 heterocycles. The van der Waals surface area contributed by atoms with E-state index in [4.69, 9.17) is 32.7 Å². The van der Waals surface area contributed by atoms with Crippen molar-refractivity contribution in [3.05, 3.63) is 52.1 Å². The van der Waals surface area contributed by atoms with E-state index < -0.39 is 0 Å². The first-order chi connectivity index (χ1) is 12.6. The van der Waals surface area contributed by atoms with Crippen molar-refractivity contribution in [2.45, 2.75) is 0 Å². The average molecular weight is 396 g/mol. The molecule has 2 aromatic rings. The Kier molecular flexibility index (Phi) is 6.55.